The first kappa shape index (κ1) is 15.9. The Kier molecular flexibility index (Phi) is 5.36. The number of morpholine rings is 1. The van der Waals surface area contributed by atoms with Gasteiger partial charge in [-0.05, 0) is 24.3 Å². The van der Waals surface area contributed by atoms with Crippen LogP contribution in [-0.2, 0) is 4.74 Å². The standard InChI is InChI=1S/C11H15N3O.C6H5N3/c12-11(14-6-8-15-9-7-14)13-10-4-2-1-3-5-10;1-2-4-6-5(3-1)7-9-8-6/h1-5H,6-9H2,(H2,12,13);1-4H,(H,7,8,9). The van der Waals surface area contributed by atoms with Gasteiger partial charge in [-0.1, -0.05) is 30.3 Å². The van der Waals surface area contributed by atoms with Crippen LogP contribution in [0.4, 0.5) is 5.69 Å². The van der Waals surface area contributed by atoms with Gasteiger partial charge in [-0.15, -0.1) is 0 Å². The molecular formula is C17H20N6O. The Hall–Kier alpha value is -2.93. The number of benzene rings is 2. The molecule has 0 amide bonds. The number of guanidine groups is 1. The molecule has 7 heteroatoms. The highest BCUT2D eigenvalue weighted by Crippen LogP contribution is 2.10. The van der Waals surface area contributed by atoms with Gasteiger partial charge in [0.2, 0.25) is 0 Å². The van der Waals surface area contributed by atoms with Crippen LogP contribution in [0.5, 0.6) is 0 Å². The fraction of sp³-hybridized carbons (Fsp3) is 0.235. The zero-order chi connectivity index (χ0) is 16.6. The Morgan fingerprint density at radius 3 is 2.17 bits per heavy atom. The number of nitrogens with zero attached hydrogens (tertiary/aromatic N) is 4. The highest BCUT2D eigenvalue weighted by Gasteiger charge is 2.11. The van der Waals surface area contributed by atoms with E-state index in [1.165, 1.54) is 0 Å². The van der Waals surface area contributed by atoms with E-state index in [0.717, 1.165) is 43.0 Å². The topological polar surface area (TPSA) is 92.4 Å². The molecule has 1 aliphatic rings. The number of hydrogen-bond donors (Lipinski definition) is 2. The third-order valence-corrected chi connectivity index (χ3v) is 3.56. The number of para-hydroxylation sites is 3. The lowest BCUT2D eigenvalue weighted by molar-refractivity contribution is 0.0675. The van der Waals surface area contributed by atoms with Crippen LogP contribution < -0.4 is 5.73 Å². The van der Waals surface area contributed by atoms with E-state index in [2.05, 4.69) is 20.4 Å². The van der Waals surface area contributed by atoms with Crippen molar-refractivity contribution >= 4 is 22.7 Å². The van der Waals surface area contributed by atoms with Gasteiger partial charge in [0.05, 0.1) is 18.9 Å². The number of ether oxygens (including phenoxy) is 1. The van der Waals surface area contributed by atoms with Gasteiger partial charge in [0.15, 0.2) is 5.96 Å². The van der Waals surface area contributed by atoms with Crippen LogP contribution in [0.3, 0.4) is 0 Å². The fourth-order valence-corrected chi connectivity index (χ4v) is 2.28. The largest absolute Gasteiger partial charge is 0.378 e. The fourth-order valence-electron chi connectivity index (χ4n) is 2.28. The van der Waals surface area contributed by atoms with Crippen LogP contribution in [-0.4, -0.2) is 52.6 Å². The maximum atomic E-state index is 5.90. The molecule has 0 bridgehead atoms. The maximum absolute atomic E-state index is 5.90. The molecule has 2 aromatic carbocycles. The number of hydrogen-bond acceptors (Lipinski definition) is 4. The van der Waals surface area contributed by atoms with Crippen LogP contribution in [0.25, 0.3) is 11.0 Å². The van der Waals surface area contributed by atoms with E-state index < -0.39 is 0 Å². The quantitative estimate of drug-likeness (QED) is 0.527. The van der Waals surface area contributed by atoms with Crippen molar-refractivity contribution in [2.24, 2.45) is 10.7 Å². The van der Waals surface area contributed by atoms with Crippen LogP contribution in [0.2, 0.25) is 0 Å². The molecule has 0 saturated carbocycles. The summed E-state index contributed by atoms with van der Waals surface area (Å²) in [5, 5.41) is 10.3. The normalized spacial score (nSPS) is 15.0. The second-order valence-electron chi connectivity index (χ2n) is 5.22. The van der Waals surface area contributed by atoms with Gasteiger partial charge in [0, 0.05) is 13.1 Å². The predicted octanol–water partition coefficient (Wildman–Crippen LogP) is 1.92. The van der Waals surface area contributed by atoms with Crippen molar-refractivity contribution in [1.29, 1.82) is 0 Å². The first-order valence-electron chi connectivity index (χ1n) is 7.80. The molecule has 0 spiro atoms. The van der Waals surface area contributed by atoms with Crippen molar-refractivity contribution in [1.82, 2.24) is 20.3 Å². The van der Waals surface area contributed by atoms with Crippen molar-refractivity contribution in [3.8, 4) is 0 Å². The van der Waals surface area contributed by atoms with Crippen molar-refractivity contribution < 1.29 is 4.74 Å². The van der Waals surface area contributed by atoms with E-state index in [1.54, 1.807) is 0 Å². The van der Waals surface area contributed by atoms with Crippen LogP contribution >= 0.6 is 0 Å². The summed E-state index contributed by atoms with van der Waals surface area (Å²) in [5.41, 5.74) is 8.62. The minimum Gasteiger partial charge on any atom is -0.378 e. The van der Waals surface area contributed by atoms with Crippen molar-refractivity contribution in [3.05, 3.63) is 54.6 Å². The SMILES string of the molecule is NC(=Nc1ccccc1)N1CCOCC1.c1ccc2n[nH]nc2c1. The summed E-state index contributed by atoms with van der Waals surface area (Å²) in [4.78, 5) is 6.39. The summed E-state index contributed by atoms with van der Waals surface area (Å²) >= 11 is 0. The molecule has 3 N–H and O–H groups in total. The molecule has 124 valence electrons. The first-order valence-corrected chi connectivity index (χ1v) is 7.80. The summed E-state index contributed by atoms with van der Waals surface area (Å²) in [5.74, 6) is 0.574. The Morgan fingerprint density at radius 1 is 0.958 bits per heavy atom. The van der Waals surface area contributed by atoms with Gasteiger partial charge in [-0.2, -0.15) is 15.4 Å². The highest BCUT2D eigenvalue weighted by atomic mass is 16.5. The molecule has 24 heavy (non-hydrogen) atoms. The summed E-state index contributed by atoms with van der Waals surface area (Å²) in [6, 6.07) is 17.4. The van der Waals surface area contributed by atoms with Crippen molar-refractivity contribution in [3.63, 3.8) is 0 Å². The molecule has 1 fully saturated rings. The number of nitrogens with one attached hydrogen (secondary N) is 1. The Bertz CT molecular complexity index is 750. The van der Waals surface area contributed by atoms with E-state index in [9.17, 15) is 0 Å². The van der Waals surface area contributed by atoms with E-state index in [0.29, 0.717) is 5.96 Å². The van der Waals surface area contributed by atoms with Gasteiger partial charge < -0.3 is 15.4 Å². The third kappa shape index (κ3) is 4.30. The van der Waals surface area contributed by atoms with Crippen LogP contribution in [0, 0.1) is 0 Å². The van der Waals surface area contributed by atoms with Crippen molar-refractivity contribution in [2.75, 3.05) is 26.3 Å². The molecule has 7 nitrogen and oxygen atoms in total. The number of aromatic amines is 1. The van der Waals surface area contributed by atoms with Gasteiger partial charge in [-0.25, -0.2) is 4.99 Å². The summed E-state index contributed by atoms with van der Waals surface area (Å²) in [6.45, 7) is 3.10. The zero-order valence-corrected chi connectivity index (χ0v) is 13.3. The molecule has 0 aliphatic carbocycles. The summed E-state index contributed by atoms with van der Waals surface area (Å²) in [7, 11) is 0. The number of aliphatic imine (C=N–C) groups is 1. The number of rotatable bonds is 1. The number of aromatic nitrogens is 3. The smallest absolute Gasteiger partial charge is 0.196 e. The minimum absolute atomic E-state index is 0.574. The van der Waals surface area contributed by atoms with Crippen molar-refractivity contribution in [2.45, 2.75) is 0 Å². The second kappa shape index (κ2) is 8.07. The van der Waals surface area contributed by atoms with Crippen LogP contribution in [0.15, 0.2) is 59.6 Å². The Labute approximate surface area is 140 Å². The molecule has 1 aliphatic heterocycles. The Morgan fingerprint density at radius 2 is 1.54 bits per heavy atom. The maximum Gasteiger partial charge on any atom is 0.196 e. The average Bonchev–Trinajstić information content (AvgIpc) is 3.13. The molecule has 0 radical (unpaired) electrons. The van der Waals surface area contributed by atoms with Gasteiger partial charge in [0.1, 0.15) is 11.0 Å². The first-order chi connectivity index (χ1) is 11.8. The lowest BCUT2D eigenvalue weighted by atomic mass is 10.3. The number of nitrogens with two attached hydrogens (primary N) is 1. The predicted molar refractivity (Wildman–Crippen MR) is 94.0 cm³/mol. The minimum atomic E-state index is 0.574. The average molecular weight is 324 g/mol. The van der Waals surface area contributed by atoms with Gasteiger partial charge in [-0.3, -0.25) is 0 Å². The molecule has 0 atom stereocenters. The van der Waals surface area contributed by atoms with Gasteiger partial charge >= 0.3 is 0 Å². The molecule has 1 aromatic heterocycles. The lowest BCUT2D eigenvalue weighted by Gasteiger charge is -2.27. The van der Waals surface area contributed by atoms with Crippen LogP contribution in [0.1, 0.15) is 0 Å². The highest BCUT2D eigenvalue weighted by molar-refractivity contribution is 5.81. The molecule has 3 aromatic rings. The molecule has 4 rings (SSSR count). The third-order valence-electron chi connectivity index (χ3n) is 3.56. The van der Waals surface area contributed by atoms with E-state index in [4.69, 9.17) is 10.5 Å². The molecule has 1 saturated heterocycles. The Balaban J connectivity index is 0.000000159. The lowest BCUT2D eigenvalue weighted by Crippen LogP contribution is -2.44. The summed E-state index contributed by atoms with van der Waals surface area (Å²) < 4.78 is 5.25. The van der Waals surface area contributed by atoms with E-state index >= 15 is 0 Å². The molecular weight excluding hydrogens is 304 g/mol. The zero-order valence-electron chi connectivity index (χ0n) is 13.3. The molecule has 0 unspecified atom stereocenters. The van der Waals surface area contributed by atoms with E-state index in [1.807, 2.05) is 59.5 Å². The molecule has 2 heterocycles. The second-order valence-corrected chi connectivity index (χ2v) is 5.22. The monoisotopic (exact) mass is 324 g/mol. The number of fused-ring (bicyclic) bond motifs is 1. The van der Waals surface area contributed by atoms with E-state index in [-0.39, 0.29) is 0 Å². The summed E-state index contributed by atoms with van der Waals surface area (Å²) in [6.07, 6.45) is 0. The van der Waals surface area contributed by atoms with Gasteiger partial charge in [0.25, 0.3) is 0 Å². The number of H-pyrrole nitrogens is 1.